The van der Waals surface area contributed by atoms with Crippen molar-refractivity contribution in [2.24, 2.45) is 0 Å². The van der Waals surface area contributed by atoms with E-state index in [0.29, 0.717) is 6.54 Å². The van der Waals surface area contributed by atoms with Crippen LogP contribution >= 0.6 is 34.9 Å². The van der Waals surface area contributed by atoms with Gasteiger partial charge in [0.05, 0.1) is 11.6 Å². The van der Waals surface area contributed by atoms with Crippen molar-refractivity contribution in [2.75, 3.05) is 11.5 Å². The minimum atomic E-state index is 0.0493. The number of nitrogens with zero attached hydrogens (tertiary/aromatic N) is 6. The Kier molecular flexibility index (Phi) is 4.69. The Balaban J connectivity index is 1.45. The van der Waals surface area contributed by atoms with Gasteiger partial charge in [0.15, 0.2) is 16.1 Å². The number of thiophene rings is 1. The second kappa shape index (κ2) is 7.34. The van der Waals surface area contributed by atoms with E-state index in [0.717, 1.165) is 43.4 Å². The van der Waals surface area contributed by atoms with Crippen LogP contribution in [0.25, 0.3) is 21.6 Å². The van der Waals surface area contributed by atoms with Crippen LogP contribution in [-0.2, 0) is 6.54 Å². The molecule has 0 fully saturated rings. The van der Waals surface area contributed by atoms with E-state index in [-0.39, 0.29) is 11.6 Å². The Bertz CT molecular complexity index is 1200. The van der Waals surface area contributed by atoms with E-state index in [1.165, 1.54) is 11.3 Å². The van der Waals surface area contributed by atoms with Crippen LogP contribution in [0.5, 0.6) is 0 Å². The van der Waals surface area contributed by atoms with Crippen molar-refractivity contribution in [1.29, 1.82) is 0 Å². The van der Waals surface area contributed by atoms with Crippen molar-refractivity contribution >= 4 is 45.1 Å². The second-order valence-corrected chi connectivity index (χ2v) is 9.16. The molecule has 0 unspecified atom stereocenters. The standard InChI is InChI=1S/C18H16N6OS3/c1-2-23-16(25)14-13(5-8-26-14)20-17(23)27-9-12-10-28-18-22-21-15(24(12)18)11-3-6-19-7-4-11/h3-8,12H,2,9-10H2,1H3/t12-/m1/s1. The number of hydrogen-bond acceptors (Lipinski definition) is 8. The molecule has 0 amide bonds. The SMILES string of the molecule is CCn1c(SC[C@@H]2CSc3nnc(-c4ccncc4)n32)nc2ccsc2c1=O. The van der Waals surface area contributed by atoms with Gasteiger partial charge in [-0.3, -0.25) is 18.9 Å². The summed E-state index contributed by atoms with van der Waals surface area (Å²) >= 11 is 4.80. The van der Waals surface area contributed by atoms with Gasteiger partial charge >= 0.3 is 0 Å². The predicted molar refractivity (Wildman–Crippen MR) is 113 cm³/mol. The molecule has 0 saturated heterocycles. The Morgan fingerprint density at radius 1 is 1.25 bits per heavy atom. The average molecular weight is 429 g/mol. The first kappa shape index (κ1) is 17.9. The highest BCUT2D eigenvalue weighted by Crippen LogP contribution is 2.38. The molecule has 0 saturated carbocycles. The fourth-order valence-electron chi connectivity index (χ4n) is 3.25. The van der Waals surface area contributed by atoms with Crippen LogP contribution in [0, 0.1) is 0 Å². The van der Waals surface area contributed by atoms with Gasteiger partial charge in [0.1, 0.15) is 4.70 Å². The van der Waals surface area contributed by atoms with E-state index in [9.17, 15) is 4.79 Å². The molecule has 0 aliphatic carbocycles. The highest BCUT2D eigenvalue weighted by molar-refractivity contribution is 8.00. The third-order valence-corrected chi connectivity index (χ3v) is 7.73. The first-order valence-corrected chi connectivity index (χ1v) is 11.7. The van der Waals surface area contributed by atoms with E-state index in [4.69, 9.17) is 4.98 Å². The lowest BCUT2D eigenvalue weighted by molar-refractivity contribution is 0.592. The number of fused-ring (bicyclic) bond motifs is 2. The third kappa shape index (κ3) is 2.96. The summed E-state index contributed by atoms with van der Waals surface area (Å²) in [5, 5.41) is 12.3. The quantitative estimate of drug-likeness (QED) is 0.355. The molecule has 0 aromatic carbocycles. The van der Waals surface area contributed by atoms with Crippen LogP contribution in [0.4, 0.5) is 0 Å². The third-order valence-electron chi connectivity index (χ3n) is 4.62. The fourth-order valence-corrected chi connectivity index (χ4v) is 6.40. The van der Waals surface area contributed by atoms with Crippen LogP contribution in [0.2, 0.25) is 0 Å². The molecule has 5 rings (SSSR count). The summed E-state index contributed by atoms with van der Waals surface area (Å²) in [6.45, 7) is 2.60. The zero-order chi connectivity index (χ0) is 19.1. The number of rotatable bonds is 5. The molecule has 1 aliphatic rings. The van der Waals surface area contributed by atoms with Gasteiger partial charge in [-0.05, 0) is 30.5 Å². The summed E-state index contributed by atoms with van der Waals surface area (Å²) in [6.07, 6.45) is 3.53. The van der Waals surface area contributed by atoms with E-state index in [1.807, 2.05) is 30.5 Å². The number of aromatic nitrogens is 6. The predicted octanol–water partition coefficient (Wildman–Crippen LogP) is 3.57. The molecular weight excluding hydrogens is 412 g/mol. The largest absolute Gasteiger partial charge is 0.297 e. The van der Waals surface area contributed by atoms with E-state index in [2.05, 4.69) is 19.7 Å². The zero-order valence-corrected chi connectivity index (χ0v) is 17.4. The first-order chi connectivity index (χ1) is 13.8. The summed E-state index contributed by atoms with van der Waals surface area (Å²) < 4.78 is 4.69. The summed E-state index contributed by atoms with van der Waals surface area (Å²) in [7, 11) is 0. The van der Waals surface area contributed by atoms with E-state index >= 15 is 0 Å². The Morgan fingerprint density at radius 3 is 2.93 bits per heavy atom. The van der Waals surface area contributed by atoms with Gasteiger partial charge in [0.25, 0.3) is 5.56 Å². The Morgan fingerprint density at radius 2 is 2.11 bits per heavy atom. The monoisotopic (exact) mass is 428 g/mol. The van der Waals surface area contributed by atoms with Crippen LogP contribution in [0.3, 0.4) is 0 Å². The second-order valence-electron chi connectivity index (χ2n) is 6.27. The lowest BCUT2D eigenvalue weighted by atomic mass is 10.2. The van der Waals surface area contributed by atoms with Crippen LogP contribution in [0.15, 0.2) is 51.1 Å². The summed E-state index contributed by atoms with van der Waals surface area (Å²) in [6, 6.07) is 6.05. The molecule has 1 aliphatic heterocycles. The van der Waals surface area contributed by atoms with Crippen molar-refractivity contribution in [2.45, 2.75) is 29.8 Å². The summed E-state index contributed by atoms with van der Waals surface area (Å²) in [5.41, 5.74) is 1.84. The zero-order valence-electron chi connectivity index (χ0n) is 15.0. The molecule has 28 heavy (non-hydrogen) atoms. The molecular formula is C18H16N6OS3. The maximum atomic E-state index is 12.7. The molecule has 4 aromatic rings. The molecule has 7 nitrogen and oxygen atoms in total. The molecule has 0 bridgehead atoms. The van der Waals surface area contributed by atoms with E-state index in [1.54, 1.807) is 40.5 Å². The lowest BCUT2D eigenvalue weighted by Crippen LogP contribution is -2.22. The van der Waals surface area contributed by atoms with Crippen molar-refractivity contribution < 1.29 is 0 Å². The Labute approximate surface area is 173 Å². The molecule has 142 valence electrons. The number of thioether (sulfide) groups is 2. The topological polar surface area (TPSA) is 78.5 Å². The van der Waals surface area contributed by atoms with Gasteiger partial charge in [-0.15, -0.1) is 21.5 Å². The van der Waals surface area contributed by atoms with Gasteiger partial charge in [-0.1, -0.05) is 23.5 Å². The molecule has 0 radical (unpaired) electrons. The molecule has 4 aromatic heterocycles. The van der Waals surface area contributed by atoms with Crippen molar-refractivity contribution in [3.8, 4) is 11.4 Å². The number of hydrogen-bond donors (Lipinski definition) is 0. The van der Waals surface area contributed by atoms with E-state index < -0.39 is 0 Å². The molecule has 5 heterocycles. The van der Waals surface area contributed by atoms with Gasteiger partial charge in [-0.2, -0.15) is 0 Å². The first-order valence-electron chi connectivity index (χ1n) is 8.85. The van der Waals surface area contributed by atoms with Gasteiger partial charge in [0, 0.05) is 36.0 Å². The van der Waals surface area contributed by atoms with Gasteiger partial charge in [-0.25, -0.2) is 4.98 Å². The molecule has 1 atom stereocenters. The fraction of sp³-hybridized carbons (Fsp3) is 0.278. The Hall–Kier alpha value is -2.17. The van der Waals surface area contributed by atoms with Gasteiger partial charge < -0.3 is 0 Å². The highest BCUT2D eigenvalue weighted by atomic mass is 32.2. The maximum absolute atomic E-state index is 12.7. The van der Waals surface area contributed by atoms with Gasteiger partial charge in [0.2, 0.25) is 0 Å². The summed E-state index contributed by atoms with van der Waals surface area (Å²) in [5.74, 6) is 2.60. The summed E-state index contributed by atoms with van der Waals surface area (Å²) in [4.78, 5) is 21.5. The van der Waals surface area contributed by atoms with Crippen molar-refractivity contribution in [1.82, 2.24) is 29.3 Å². The molecule has 10 heteroatoms. The number of pyridine rings is 1. The highest BCUT2D eigenvalue weighted by Gasteiger charge is 2.29. The molecule has 0 N–H and O–H groups in total. The maximum Gasteiger partial charge on any atom is 0.272 e. The molecule has 0 spiro atoms. The lowest BCUT2D eigenvalue weighted by Gasteiger charge is -2.15. The normalized spacial score (nSPS) is 16.0. The van der Waals surface area contributed by atoms with Crippen LogP contribution < -0.4 is 5.56 Å². The van der Waals surface area contributed by atoms with Crippen molar-refractivity contribution in [3.05, 3.63) is 46.3 Å². The smallest absolute Gasteiger partial charge is 0.272 e. The average Bonchev–Trinajstić information content (AvgIpc) is 3.44. The minimum Gasteiger partial charge on any atom is -0.297 e. The van der Waals surface area contributed by atoms with Crippen LogP contribution in [0.1, 0.15) is 13.0 Å². The van der Waals surface area contributed by atoms with Crippen LogP contribution in [-0.4, -0.2) is 40.8 Å². The minimum absolute atomic E-state index is 0.0493. The van der Waals surface area contributed by atoms with Crippen molar-refractivity contribution in [3.63, 3.8) is 0 Å².